The Kier molecular flexibility index (Phi) is 4.71. The van der Waals surface area contributed by atoms with E-state index in [4.69, 9.17) is 0 Å². The van der Waals surface area contributed by atoms with Crippen LogP contribution in [0.1, 0.15) is 35.2 Å². The van der Waals surface area contributed by atoms with Crippen LogP contribution in [0.15, 0.2) is 35.3 Å². The Labute approximate surface area is 143 Å². The van der Waals surface area contributed by atoms with Crippen LogP contribution in [-0.4, -0.2) is 4.57 Å². The highest BCUT2D eigenvalue weighted by atomic mass is 19.4. The molecule has 1 aromatic carbocycles. The molecular weight excluding hydrogens is 332 g/mol. The molecule has 25 heavy (non-hydrogen) atoms. The average Bonchev–Trinajstić information content (AvgIpc) is 3.32. The fourth-order valence-electron chi connectivity index (χ4n) is 2.93. The second-order valence-electron chi connectivity index (χ2n) is 6.68. The second-order valence-corrected chi connectivity index (χ2v) is 6.68. The van der Waals surface area contributed by atoms with Crippen molar-refractivity contribution in [3.05, 3.63) is 64.0 Å². The first-order valence-electron chi connectivity index (χ1n) is 8.29. The van der Waals surface area contributed by atoms with Crippen molar-refractivity contribution in [2.75, 3.05) is 0 Å². The van der Waals surface area contributed by atoms with Gasteiger partial charge in [-0.15, -0.1) is 0 Å². The highest BCUT2D eigenvalue weighted by Gasteiger charge is 2.34. The standard InChI is InChI=1S/C19H20F4N2/c1-12-8-13(2)25(11-14-6-7-14)17(9-12)24-10-15-4-3-5-16(18(15)20)19(21,22)23/h3-5,8-9,14H,6-7,10-11H2,1-2H3. The Morgan fingerprint density at radius 1 is 1.16 bits per heavy atom. The first-order chi connectivity index (χ1) is 11.8. The van der Waals surface area contributed by atoms with E-state index in [0.717, 1.165) is 23.9 Å². The third-order valence-corrected chi connectivity index (χ3v) is 4.43. The van der Waals surface area contributed by atoms with Gasteiger partial charge in [0.25, 0.3) is 0 Å². The van der Waals surface area contributed by atoms with E-state index < -0.39 is 17.6 Å². The van der Waals surface area contributed by atoms with Gasteiger partial charge in [-0.3, -0.25) is 4.99 Å². The molecule has 0 amide bonds. The maximum absolute atomic E-state index is 14.2. The van der Waals surface area contributed by atoms with Gasteiger partial charge in [-0.05, 0) is 56.4 Å². The number of rotatable bonds is 4. The van der Waals surface area contributed by atoms with Gasteiger partial charge in [-0.25, -0.2) is 4.39 Å². The Balaban J connectivity index is 1.97. The number of aromatic nitrogens is 1. The van der Waals surface area contributed by atoms with Crippen LogP contribution in [0.3, 0.4) is 0 Å². The van der Waals surface area contributed by atoms with Gasteiger partial charge in [0, 0.05) is 17.8 Å². The van der Waals surface area contributed by atoms with Gasteiger partial charge in [0.2, 0.25) is 0 Å². The van der Waals surface area contributed by atoms with Crippen LogP contribution < -0.4 is 5.49 Å². The largest absolute Gasteiger partial charge is 0.419 e. The molecule has 0 atom stereocenters. The summed E-state index contributed by atoms with van der Waals surface area (Å²) in [6.45, 7) is 4.65. The lowest BCUT2D eigenvalue weighted by Gasteiger charge is -2.13. The van der Waals surface area contributed by atoms with Gasteiger partial charge < -0.3 is 4.57 Å². The summed E-state index contributed by atoms with van der Waals surface area (Å²) in [4.78, 5) is 4.42. The van der Waals surface area contributed by atoms with Crippen molar-refractivity contribution in [2.45, 2.75) is 46.0 Å². The molecule has 1 aromatic heterocycles. The normalized spacial score (nSPS) is 15.7. The van der Waals surface area contributed by atoms with Gasteiger partial charge in [0.15, 0.2) is 0 Å². The topological polar surface area (TPSA) is 17.3 Å². The quantitative estimate of drug-likeness (QED) is 0.705. The maximum atomic E-state index is 14.2. The molecule has 1 saturated carbocycles. The van der Waals surface area contributed by atoms with Crippen molar-refractivity contribution in [2.24, 2.45) is 10.9 Å². The Morgan fingerprint density at radius 2 is 1.88 bits per heavy atom. The molecule has 1 aliphatic rings. The van der Waals surface area contributed by atoms with E-state index in [1.807, 2.05) is 26.0 Å². The lowest BCUT2D eigenvalue weighted by Crippen LogP contribution is -2.24. The average molecular weight is 352 g/mol. The zero-order valence-electron chi connectivity index (χ0n) is 14.2. The fraction of sp³-hybridized carbons (Fsp3) is 0.421. The molecule has 0 saturated heterocycles. The minimum atomic E-state index is -4.70. The minimum Gasteiger partial charge on any atom is -0.330 e. The molecule has 0 aliphatic heterocycles. The second kappa shape index (κ2) is 6.65. The van der Waals surface area contributed by atoms with Crippen molar-refractivity contribution in [1.82, 2.24) is 4.57 Å². The number of pyridine rings is 1. The highest BCUT2D eigenvalue weighted by Crippen LogP contribution is 2.32. The SMILES string of the molecule is Cc1cc(C)n(CC2CC2)c(=NCc2cccc(C(F)(F)F)c2F)c1. The molecule has 0 unspecified atom stereocenters. The highest BCUT2D eigenvalue weighted by molar-refractivity contribution is 5.28. The molecule has 0 N–H and O–H groups in total. The van der Waals surface area contributed by atoms with Gasteiger partial charge in [0.1, 0.15) is 11.3 Å². The minimum absolute atomic E-state index is 0.0491. The number of hydrogen-bond acceptors (Lipinski definition) is 1. The van der Waals surface area contributed by atoms with Crippen LogP contribution >= 0.6 is 0 Å². The van der Waals surface area contributed by atoms with Crippen LogP contribution in [0.5, 0.6) is 0 Å². The lowest BCUT2D eigenvalue weighted by atomic mass is 10.1. The molecule has 1 heterocycles. The van der Waals surface area contributed by atoms with Crippen molar-refractivity contribution in [3.63, 3.8) is 0 Å². The summed E-state index contributed by atoms with van der Waals surface area (Å²) in [7, 11) is 0. The van der Waals surface area contributed by atoms with E-state index in [-0.39, 0.29) is 12.1 Å². The molecule has 134 valence electrons. The molecular formula is C19H20F4N2. The number of aryl methyl sites for hydroxylation is 2. The van der Waals surface area contributed by atoms with Crippen molar-refractivity contribution >= 4 is 0 Å². The summed E-state index contributed by atoms with van der Waals surface area (Å²) in [5.74, 6) is -0.609. The van der Waals surface area contributed by atoms with Gasteiger partial charge in [-0.2, -0.15) is 13.2 Å². The summed E-state index contributed by atoms with van der Waals surface area (Å²) in [5.41, 5.74) is 1.46. The smallest absolute Gasteiger partial charge is 0.330 e. The van der Waals surface area contributed by atoms with Crippen LogP contribution in [-0.2, 0) is 19.3 Å². The van der Waals surface area contributed by atoms with E-state index >= 15 is 0 Å². The molecule has 0 spiro atoms. The zero-order valence-corrected chi connectivity index (χ0v) is 14.2. The molecule has 1 fully saturated rings. The van der Waals surface area contributed by atoms with E-state index in [1.54, 1.807) is 0 Å². The maximum Gasteiger partial charge on any atom is 0.419 e. The van der Waals surface area contributed by atoms with Crippen molar-refractivity contribution in [1.29, 1.82) is 0 Å². The van der Waals surface area contributed by atoms with Gasteiger partial charge in [-0.1, -0.05) is 12.1 Å². The predicted octanol–water partition coefficient (Wildman–Crippen LogP) is 4.77. The number of benzene rings is 1. The van der Waals surface area contributed by atoms with E-state index in [1.165, 1.54) is 25.0 Å². The first kappa shape index (κ1) is 17.7. The Hall–Kier alpha value is -2.11. The fourth-order valence-corrected chi connectivity index (χ4v) is 2.93. The van der Waals surface area contributed by atoms with Crippen LogP contribution in [0.4, 0.5) is 17.6 Å². The van der Waals surface area contributed by atoms with Crippen LogP contribution in [0, 0.1) is 25.6 Å². The zero-order chi connectivity index (χ0) is 18.2. The molecule has 0 bridgehead atoms. The third-order valence-electron chi connectivity index (χ3n) is 4.43. The monoisotopic (exact) mass is 352 g/mol. The summed E-state index contributed by atoms with van der Waals surface area (Å²) in [5, 5.41) is 0. The van der Waals surface area contributed by atoms with E-state index in [0.29, 0.717) is 11.4 Å². The summed E-state index contributed by atoms with van der Waals surface area (Å²) < 4.78 is 54.7. The first-order valence-corrected chi connectivity index (χ1v) is 8.29. The number of halogens is 4. The van der Waals surface area contributed by atoms with E-state index in [2.05, 4.69) is 9.56 Å². The Bertz CT molecular complexity index is 845. The van der Waals surface area contributed by atoms with Crippen LogP contribution in [0.25, 0.3) is 0 Å². The lowest BCUT2D eigenvalue weighted by molar-refractivity contribution is -0.140. The number of hydrogen-bond donors (Lipinski definition) is 0. The van der Waals surface area contributed by atoms with Gasteiger partial charge >= 0.3 is 6.18 Å². The van der Waals surface area contributed by atoms with Crippen LogP contribution in [0.2, 0.25) is 0 Å². The van der Waals surface area contributed by atoms with E-state index in [9.17, 15) is 17.6 Å². The predicted molar refractivity (Wildman–Crippen MR) is 87.3 cm³/mol. The summed E-state index contributed by atoms with van der Waals surface area (Å²) in [6.07, 6.45) is -2.34. The van der Waals surface area contributed by atoms with Gasteiger partial charge in [0.05, 0.1) is 12.1 Å². The number of nitrogens with zero attached hydrogens (tertiary/aromatic N) is 2. The molecule has 2 aromatic rings. The third kappa shape index (κ3) is 4.11. The summed E-state index contributed by atoms with van der Waals surface area (Å²) in [6, 6.07) is 7.26. The molecule has 3 rings (SSSR count). The van der Waals surface area contributed by atoms with Crippen molar-refractivity contribution in [3.8, 4) is 0 Å². The van der Waals surface area contributed by atoms with Crippen molar-refractivity contribution < 1.29 is 17.6 Å². The molecule has 2 nitrogen and oxygen atoms in total. The molecule has 1 aliphatic carbocycles. The summed E-state index contributed by atoms with van der Waals surface area (Å²) >= 11 is 0. The molecule has 0 radical (unpaired) electrons. The Morgan fingerprint density at radius 3 is 2.52 bits per heavy atom. The number of alkyl halides is 3. The molecule has 6 heteroatoms.